The van der Waals surface area contributed by atoms with E-state index in [9.17, 15) is 4.79 Å². The summed E-state index contributed by atoms with van der Waals surface area (Å²) in [6.07, 6.45) is 1.71. The van der Waals surface area contributed by atoms with Crippen molar-refractivity contribution in [3.63, 3.8) is 0 Å². The first kappa shape index (κ1) is 14.0. The lowest BCUT2D eigenvalue weighted by Gasteiger charge is -2.31. The Bertz CT molecular complexity index is 454. The van der Waals surface area contributed by atoms with Crippen molar-refractivity contribution in [2.24, 2.45) is 0 Å². The third-order valence-electron chi connectivity index (χ3n) is 3.44. The molecule has 5 heteroatoms. The number of ketones is 1. The van der Waals surface area contributed by atoms with Crippen molar-refractivity contribution in [2.75, 3.05) is 46.9 Å². The molecule has 2 rings (SSSR count). The summed E-state index contributed by atoms with van der Waals surface area (Å²) in [6, 6.07) is 1.85. The number of ether oxygens (including phenoxy) is 1. The average Bonchev–Trinajstić information content (AvgIpc) is 2.41. The van der Waals surface area contributed by atoms with Crippen molar-refractivity contribution in [1.29, 1.82) is 0 Å². The third-order valence-corrected chi connectivity index (χ3v) is 3.44. The lowest BCUT2D eigenvalue weighted by atomic mass is 10.1. The Kier molecular flexibility index (Phi) is 4.50. The smallest absolute Gasteiger partial charge is 0.224 e. The highest BCUT2D eigenvalue weighted by molar-refractivity contribution is 5.99. The lowest BCUT2D eigenvalue weighted by molar-refractivity contribution is 0.0872. The molecule has 0 spiro atoms. The molecule has 2 heterocycles. The fourth-order valence-electron chi connectivity index (χ4n) is 2.21. The molecule has 1 aromatic heterocycles. The Morgan fingerprint density at radius 2 is 2.05 bits per heavy atom. The number of aryl methyl sites for hydroxylation is 1. The van der Waals surface area contributed by atoms with Crippen LogP contribution in [0.3, 0.4) is 0 Å². The highest BCUT2D eigenvalue weighted by atomic mass is 16.5. The minimum Gasteiger partial charge on any atom is -0.480 e. The first-order chi connectivity index (χ1) is 9.10. The number of piperazine rings is 1. The van der Waals surface area contributed by atoms with E-state index in [1.807, 2.05) is 13.0 Å². The number of methoxy groups -OCH3 is 1. The van der Waals surface area contributed by atoms with Gasteiger partial charge in [0, 0.05) is 32.4 Å². The monoisotopic (exact) mass is 263 g/mol. The molecular weight excluding hydrogens is 242 g/mol. The Hall–Kier alpha value is -1.46. The Balaban J connectivity index is 2.05. The number of nitrogens with zero attached hydrogens (tertiary/aromatic N) is 3. The Morgan fingerprint density at radius 1 is 1.37 bits per heavy atom. The quantitative estimate of drug-likeness (QED) is 0.753. The van der Waals surface area contributed by atoms with E-state index < -0.39 is 0 Å². The number of carbonyl (C=O) groups is 1. The van der Waals surface area contributed by atoms with Gasteiger partial charge in [0.1, 0.15) is 0 Å². The molecule has 1 aromatic rings. The van der Waals surface area contributed by atoms with E-state index >= 15 is 0 Å². The van der Waals surface area contributed by atoms with Crippen LogP contribution in [0.4, 0.5) is 0 Å². The Labute approximate surface area is 114 Å². The van der Waals surface area contributed by atoms with E-state index in [1.54, 1.807) is 13.3 Å². The number of pyridine rings is 1. The molecule has 104 valence electrons. The van der Waals surface area contributed by atoms with Crippen molar-refractivity contribution in [3.05, 3.63) is 23.4 Å². The van der Waals surface area contributed by atoms with Crippen LogP contribution in [0, 0.1) is 6.92 Å². The van der Waals surface area contributed by atoms with Crippen LogP contribution in [0.15, 0.2) is 12.3 Å². The first-order valence-corrected chi connectivity index (χ1v) is 6.55. The minimum absolute atomic E-state index is 0.0811. The summed E-state index contributed by atoms with van der Waals surface area (Å²) in [5.41, 5.74) is 1.56. The first-order valence-electron chi connectivity index (χ1n) is 6.55. The van der Waals surface area contributed by atoms with Gasteiger partial charge in [0.25, 0.3) is 0 Å². The molecule has 0 atom stereocenters. The molecule has 1 saturated heterocycles. The van der Waals surface area contributed by atoms with E-state index in [-0.39, 0.29) is 5.78 Å². The van der Waals surface area contributed by atoms with Crippen molar-refractivity contribution in [3.8, 4) is 5.88 Å². The van der Waals surface area contributed by atoms with Crippen molar-refractivity contribution < 1.29 is 9.53 Å². The van der Waals surface area contributed by atoms with Crippen molar-refractivity contribution >= 4 is 5.78 Å². The Morgan fingerprint density at radius 3 is 2.68 bits per heavy atom. The molecule has 19 heavy (non-hydrogen) atoms. The standard InChI is InChI=1S/C14H21N3O2/c1-11-8-12(14(19-3)15-9-11)13(18)10-17-6-4-16(2)5-7-17/h8-9H,4-7,10H2,1-3H3. The number of hydrogen-bond acceptors (Lipinski definition) is 5. The van der Waals surface area contributed by atoms with Crippen LogP contribution in [0.25, 0.3) is 0 Å². The lowest BCUT2D eigenvalue weighted by Crippen LogP contribution is -2.46. The van der Waals surface area contributed by atoms with E-state index in [0.717, 1.165) is 31.7 Å². The largest absolute Gasteiger partial charge is 0.480 e. The van der Waals surface area contributed by atoms with Crippen LogP contribution >= 0.6 is 0 Å². The average molecular weight is 263 g/mol. The molecule has 0 saturated carbocycles. The summed E-state index contributed by atoms with van der Waals surface area (Å²) in [5, 5.41) is 0. The van der Waals surface area contributed by atoms with Crippen LogP contribution in [0.1, 0.15) is 15.9 Å². The summed E-state index contributed by atoms with van der Waals surface area (Å²) in [4.78, 5) is 21.0. The highest BCUT2D eigenvalue weighted by Crippen LogP contribution is 2.17. The molecule has 0 unspecified atom stereocenters. The fraction of sp³-hybridized carbons (Fsp3) is 0.571. The van der Waals surface area contributed by atoms with Crippen LogP contribution in [-0.2, 0) is 0 Å². The predicted octanol–water partition coefficient (Wildman–Crippen LogP) is 0.829. The molecular formula is C14H21N3O2. The molecule has 0 amide bonds. The van der Waals surface area contributed by atoms with Gasteiger partial charge in [-0.1, -0.05) is 0 Å². The van der Waals surface area contributed by atoms with Gasteiger partial charge in [0.2, 0.25) is 5.88 Å². The van der Waals surface area contributed by atoms with Gasteiger partial charge in [0.05, 0.1) is 19.2 Å². The maximum absolute atomic E-state index is 12.4. The normalized spacial score (nSPS) is 17.4. The van der Waals surface area contributed by atoms with Crippen LogP contribution in [-0.4, -0.2) is 67.4 Å². The molecule has 5 nitrogen and oxygen atoms in total. The highest BCUT2D eigenvalue weighted by Gasteiger charge is 2.20. The molecule has 1 fully saturated rings. The zero-order valence-electron chi connectivity index (χ0n) is 11.8. The van der Waals surface area contributed by atoms with Crippen LogP contribution in [0.5, 0.6) is 5.88 Å². The fourth-order valence-corrected chi connectivity index (χ4v) is 2.21. The second kappa shape index (κ2) is 6.12. The van der Waals surface area contributed by atoms with Gasteiger partial charge in [-0.2, -0.15) is 0 Å². The second-order valence-electron chi connectivity index (χ2n) is 5.07. The number of Topliss-reactive ketones (excluding diaryl/α,β-unsaturated/α-hetero) is 1. The van der Waals surface area contributed by atoms with E-state index in [0.29, 0.717) is 18.0 Å². The van der Waals surface area contributed by atoms with Gasteiger partial charge < -0.3 is 9.64 Å². The van der Waals surface area contributed by atoms with Gasteiger partial charge in [-0.3, -0.25) is 9.69 Å². The predicted molar refractivity (Wildman–Crippen MR) is 73.8 cm³/mol. The van der Waals surface area contributed by atoms with Crippen molar-refractivity contribution in [1.82, 2.24) is 14.8 Å². The van der Waals surface area contributed by atoms with Crippen LogP contribution in [0.2, 0.25) is 0 Å². The molecule has 0 N–H and O–H groups in total. The number of rotatable bonds is 4. The van der Waals surface area contributed by atoms with E-state index in [4.69, 9.17) is 4.74 Å². The molecule has 0 aliphatic carbocycles. The summed E-state index contributed by atoms with van der Waals surface area (Å²) >= 11 is 0. The van der Waals surface area contributed by atoms with Gasteiger partial charge >= 0.3 is 0 Å². The minimum atomic E-state index is 0.0811. The molecule has 0 radical (unpaired) electrons. The van der Waals surface area contributed by atoms with Crippen molar-refractivity contribution in [2.45, 2.75) is 6.92 Å². The third kappa shape index (κ3) is 3.52. The maximum atomic E-state index is 12.4. The zero-order chi connectivity index (χ0) is 13.8. The number of likely N-dealkylation sites (N-methyl/N-ethyl adjacent to an activating group) is 1. The summed E-state index contributed by atoms with van der Waals surface area (Å²) in [7, 11) is 3.65. The zero-order valence-corrected chi connectivity index (χ0v) is 11.8. The summed E-state index contributed by atoms with van der Waals surface area (Å²) in [6.45, 7) is 6.26. The summed E-state index contributed by atoms with van der Waals surface area (Å²) in [5.74, 6) is 0.502. The molecule has 0 bridgehead atoms. The topological polar surface area (TPSA) is 45.7 Å². The molecule has 1 aliphatic rings. The number of carbonyl (C=O) groups excluding carboxylic acids is 1. The van der Waals surface area contributed by atoms with E-state index in [2.05, 4.69) is 21.8 Å². The van der Waals surface area contributed by atoms with Gasteiger partial charge in [-0.05, 0) is 25.6 Å². The van der Waals surface area contributed by atoms with Gasteiger partial charge in [-0.25, -0.2) is 4.98 Å². The van der Waals surface area contributed by atoms with Gasteiger partial charge in [-0.15, -0.1) is 0 Å². The number of aromatic nitrogens is 1. The van der Waals surface area contributed by atoms with E-state index in [1.165, 1.54) is 0 Å². The second-order valence-corrected chi connectivity index (χ2v) is 5.07. The molecule has 0 aromatic carbocycles. The van der Waals surface area contributed by atoms with Crippen LogP contribution < -0.4 is 4.74 Å². The maximum Gasteiger partial charge on any atom is 0.224 e. The summed E-state index contributed by atoms with van der Waals surface area (Å²) < 4.78 is 5.17. The number of hydrogen-bond donors (Lipinski definition) is 0. The SMILES string of the molecule is COc1ncc(C)cc1C(=O)CN1CCN(C)CC1. The van der Waals surface area contributed by atoms with Gasteiger partial charge in [0.15, 0.2) is 5.78 Å². The molecule has 1 aliphatic heterocycles.